The molecule has 1 fully saturated rings. The molecule has 2 aromatic heterocycles. The van der Waals surface area contributed by atoms with Crippen molar-refractivity contribution in [2.75, 3.05) is 25.1 Å². The molecule has 1 aliphatic carbocycles. The summed E-state index contributed by atoms with van der Waals surface area (Å²) in [6, 6.07) is 18.6. The van der Waals surface area contributed by atoms with Gasteiger partial charge in [0.15, 0.2) is 5.82 Å². The van der Waals surface area contributed by atoms with E-state index in [2.05, 4.69) is 58.4 Å². The Morgan fingerprint density at radius 1 is 0.971 bits per heavy atom. The van der Waals surface area contributed by atoms with Crippen LogP contribution in [-0.4, -0.2) is 35.2 Å². The summed E-state index contributed by atoms with van der Waals surface area (Å²) >= 11 is 0. The van der Waals surface area contributed by atoms with Crippen molar-refractivity contribution in [3.8, 4) is 28.3 Å². The first kappa shape index (κ1) is 21.5. The van der Waals surface area contributed by atoms with Gasteiger partial charge in [-0.25, -0.2) is 9.97 Å². The smallest absolute Gasteiger partial charge is 0.163 e. The monoisotopic (exact) mass is 460 g/mol. The number of benzene rings is 2. The summed E-state index contributed by atoms with van der Waals surface area (Å²) in [4.78, 5) is 16.8. The minimum absolute atomic E-state index is 0.577. The molecule has 5 nitrogen and oxygen atoms in total. The minimum Gasteiger partial charge on any atom is -0.497 e. The predicted molar refractivity (Wildman–Crippen MR) is 142 cm³/mol. The first-order valence-electron chi connectivity index (χ1n) is 12.3. The topological polar surface area (TPSA) is 51.1 Å². The number of anilines is 1. The number of methoxy groups -OCH3 is 1. The third-order valence-electron chi connectivity index (χ3n) is 7.06. The van der Waals surface area contributed by atoms with Crippen LogP contribution in [0.25, 0.3) is 33.4 Å². The Morgan fingerprint density at radius 3 is 2.71 bits per heavy atom. The van der Waals surface area contributed by atoms with E-state index in [9.17, 15) is 0 Å². The van der Waals surface area contributed by atoms with Gasteiger partial charge >= 0.3 is 0 Å². The number of hydrogen-bond acceptors (Lipinski definition) is 5. The first-order valence-corrected chi connectivity index (χ1v) is 12.3. The number of hydrogen-bond donors (Lipinski definition) is 0. The van der Waals surface area contributed by atoms with Crippen LogP contribution in [0.2, 0.25) is 0 Å². The van der Waals surface area contributed by atoms with E-state index in [0.717, 1.165) is 70.9 Å². The van der Waals surface area contributed by atoms with Gasteiger partial charge in [-0.1, -0.05) is 42.0 Å². The third-order valence-corrected chi connectivity index (χ3v) is 7.06. The highest BCUT2D eigenvalue weighted by molar-refractivity contribution is 5.94. The van der Waals surface area contributed by atoms with E-state index in [1.807, 2.05) is 30.5 Å². The summed E-state index contributed by atoms with van der Waals surface area (Å²) in [5.41, 5.74) is 5.70. The van der Waals surface area contributed by atoms with Crippen LogP contribution in [-0.2, 0) is 0 Å². The molecule has 0 saturated carbocycles. The Kier molecular flexibility index (Phi) is 5.75. The van der Waals surface area contributed by atoms with Crippen LogP contribution in [0.3, 0.4) is 0 Å². The molecule has 1 saturated heterocycles. The van der Waals surface area contributed by atoms with Crippen molar-refractivity contribution in [1.82, 2.24) is 15.0 Å². The largest absolute Gasteiger partial charge is 0.497 e. The molecule has 174 valence electrons. The maximum atomic E-state index is 5.45. The molecule has 1 atom stereocenters. The summed E-state index contributed by atoms with van der Waals surface area (Å²) in [5.74, 6) is 3.16. The van der Waals surface area contributed by atoms with Gasteiger partial charge in [-0.2, -0.15) is 0 Å². The molecule has 1 aliphatic heterocycles. The average molecular weight is 461 g/mol. The number of rotatable bonds is 5. The van der Waals surface area contributed by atoms with Gasteiger partial charge in [0, 0.05) is 36.4 Å². The van der Waals surface area contributed by atoms with E-state index in [1.54, 1.807) is 18.9 Å². The van der Waals surface area contributed by atoms with E-state index in [1.165, 1.54) is 6.42 Å². The molecule has 0 amide bonds. The Hall–Kier alpha value is -3.99. The van der Waals surface area contributed by atoms with E-state index in [0.29, 0.717) is 5.92 Å². The molecule has 4 aromatic rings. The SMILES string of the molecule is COc1cccc(-c2ccc3nc(-c4cccnc4)nc(N4CCC(C5=CC=CCC5)C4)c3c2)c1. The van der Waals surface area contributed by atoms with Crippen LogP contribution in [0, 0.1) is 5.92 Å². The zero-order valence-electron chi connectivity index (χ0n) is 19.9. The summed E-state index contributed by atoms with van der Waals surface area (Å²) in [6.07, 6.45) is 13.9. The van der Waals surface area contributed by atoms with Crippen molar-refractivity contribution >= 4 is 16.7 Å². The lowest BCUT2D eigenvalue weighted by Crippen LogP contribution is -2.22. The van der Waals surface area contributed by atoms with E-state index < -0.39 is 0 Å². The van der Waals surface area contributed by atoms with E-state index in [4.69, 9.17) is 14.7 Å². The number of fused-ring (bicyclic) bond motifs is 1. The zero-order chi connectivity index (χ0) is 23.6. The molecular weight excluding hydrogens is 432 g/mol. The highest BCUT2D eigenvalue weighted by atomic mass is 16.5. The number of allylic oxidation sites excluding steroid dienone is 3. The number of nitrogens with zero attached hydrogens (tertiary/aromatic N) is 4. The van der Waals surface area contributed by atoms with Crippen molar-refractivity contribution < 1.29 is 4.74 Å². The van der Waals surface area contributed by atoms with Crippen molar-refractivity contribution in [3.05, 3.63) is 90.8 Å². The fraction of sp³-hybridized carbons (Fsp3) is 0.233. The van der Waals surface area contributed by atoms with Crippen molar-refractivity contribution in [3.63, 3.8) is 0 Å². The average Bonchev–Trinajstić information content (AvgIpc) is 3.43. The fourth-order valence-electron chi connectivity index (χ4n) is 5.18. The Bertz CT molecular complexity index is 1430. The van der Waals surface area contributed by atoms with Gasteiger partial charge < -0.3 is 9.64 Å². The molecule has 2 aliphatic rings. The van der Waals surface area contributed by atoms with Gasteiger partial charge in [-0.3, -0.25) is 4.98 Å². The standard InChI is InChI=1S/C30H28N4O/c1-35-26-11-5-9-22(17-26)23-12-13-28-27(18-23)30(33-29(32-28)24-10-6-15-31-19-24)34-16-14-25(20-34)21-7-3-2-4-8-21/h2-3,5-7,9-13,15,17-19,25H,4,8,14,16,20H2,1H3. The molecule has 0 radical (unpaired) electrons. The van der Waals surface area contributed by atoms with E-state index in [-0.39, 0.29) is 0 Å². The van der Waals surface area contributed by atoms with Crippen molar-refractivity contribution in [2.24, 2.45) is 5.92 Å². The first-order chi connectivity index (χ1) is 17.3. The molecule has 0 N–H and O–H groups in total. The second-order valence-corrected chi connectivity index (χ2v) is 9.22. The van der Waals surface area contributed by atoms with Crippen LogP contribution >= 0.6 is 0 Å². The Morgan fingerprint density at radius 2 is 1.89 bits per heavy atom. The van der Waals surface area contributed by atoms with Crippen molar-refractivity contribution in [2.45, 2.75) is 19.3 Å². The molecule has 2 aromatic carbocycles. The molecule has 35 heavy (non-hydrogen) atoms. The number of ether oxygens (including phenoxy) is 1. The van der Waals surface area contributed by atoms with Crippen LogP contribution < -0.4 is 9.64 Å². The van der Waals surface area contributed by atoms with Gasteiger partial charge in [0.2, 0.25) is 0 Å². The lowest BCUT2D eigenvalue weighted by Gasteiger charge is -2.22. The van der Waals surface area contributed by atoms with E-state index >= 15 is 0 Å². The highest BCUT2D eigenvalue weighted by Gasteiger charge is 2.28. The molecule has 0 spiro atoms. The van der Waals surface area contributed by atoms with Gasteiger partial charge in [-0.15, -0.1) is 0 Å². The molecule has 1 unspecified atom stereocenters. The molecular formula is C30H28N4O. The normalized spacial score (nSPS) is 17.6. The summed E-state index contributed by atoms with van der Waals surface area (Å²) in [6.45, 7) is 1.98. The lowest BCUT2D eigenvalue weighted by atomic mass is 9.91. The maximum absolute atomic E-state index is 5.45. The second kappa shape index (κ2) is 9.34. The molecule has 0 bridgehead atoms. The molecule has 5 heteroatoms. The highest BCUT2D eigenvalue weighted by Crippen LogP contribution is 2.36. The lowest BCUT2D eigenvalue weighted by molar-refractivity contribution is 0.415. The van der Waals surface area contributed by atoms with Crippen LogP contribution in [0.1, 0.15) is 19.3 Å². The van der Waals surface area contributed by atoms with Crippen LogP contribution in [0.15, 0.2) is 90.8 Å². The van der Waals surface area contributed by atoms with Crippen LogP contribution in [0.4, 0.5) is 5.82 Å². The van der Waals surface area contributed by atoms with Gasteiger partial charge in [0.25, 0.3) is 0 Å². The second-order valence-electron chi connectivity index (χ2n) is 9.22. The quantitative estimate of drug-likeness (QED) is 0.342. The maximum Gasteiger partial charge on any atom is 0.163 e. The Balaban J connectivity index is 1.45. The number of aromatic nitrogens is 3. The minimum atomic E-state index is 0.577. The summed E-state index contributed by atoms with van der Waals surface area (Å²) < 4.78 is 5.45. The molecule has 3 heterocycles. The molecule has 6 rings (SSSR count). The summed E-state index contributed by atoms with van der Waals surface area (Å²) in [7, 11) is 1.70. The van der Waals surface area contributed by atoms with Gasteiger partial charge in [-0.05, 0) is 72.7 Å². The number of pyridine rings is 1. The summed E-state index contributed by atoms with van der Waals surface area (Å²) in [5, 5.41) is 1.08. The third kappa shape index (κ3) is 4.30. The Labute approximate surface area is 205 Å². The van der Waals surface area contributed by atoms with Gasteiger partial charge in [0.1, 0.15) is 11.6 Å². The fourth-order valence-corrected chi connectivity index (χ4v) is 5.18. The van der Waals surface area contributed by atoms with Gasteiger partial charge in [0.05, 0.1) is 12.6 Å². The van der Waals surface area contributed by atoms with Crippen LogP contribution in [0.5, 0.6) is 5.75 Å². The predicted octanol–water partition coefficient (Wildman–Crippen LogP) is 6.47. The zero-order valence-corrected chi connectivity index (χ0v) is 19.9. The van der Waals surface area contributed by atoms with Crippen molar-refractivity contribution in [1.29, 1.82) is 0 Å².